The number of carbonyl (C=O) groups is 2. The third kappa shape index (κ3) is 5.58. The van der Waals surface area contributed by atoms with Crippen molar-refractivity contribution in [3.63, 3.8) is 0 Å². The number of piperidine rings is 1. The van der Waals surface area contributed by atoms with E-state index in [0.717, 1.165) is 44.5 Å². The largest absolute Gasteiger partial charge is 0.359 e. The van der Waals surface area contributed by atoms with E-state index in [1.54, 1.807) is 7.05 Å². The molecule has 2 N–H and O–H groups in total. The molecule has 0 unspecified atom stereocenters. The van der Waals surface area contributed by atoms with Crippen LogP contribution in [-0.2, 0) is 11.3 Å². The third-order valence-corrected chi connectivity index (χ3v) is 4.26. The maximum atomic E-state index is 12.1. The fourth-order valence-corrected chi connectivity index (χ4v) is 2.84. The van der Waals surface area contributed by atoms with Gasteiger partial charge in [0.2, 0.25) is 5.91 Å². The summed E-state index contributed by atoms with van der Waals surface area (Å²) in [7, 11) is 1.66. The number of hydrogen-bond acceptors (Lipinski definition) is 3. The molecule has 0 radical (unpaired) electrons. The van der Waals surface area contributed by atoms with Gasteiger partial charge in [0.05, 0.1) is 6.20 Å². The van der Waals surface area contributed by atoms with Crippen LogP contribution in [0.2, 0.25) is 0 Å². The van der Waals surface area contributed by atoms with Gasteiger partial charge in [0.15, 0.2) is 0 Å². The van der Waals surface area contributed by atoms with Gasteiger partial charge >= 0.3 is 6.03 Å². The molecule has 1 saturated heterocycles. The van der Waals surface area contributed by atoms with Gasteiger partial charge in [-0.25, -0.2) is 4.79 Å². The molecule has 2 heterocycles. The average molecular weight is 321 g/mol. The van der Waals surface area contributed by atoms with Crippen LogP contribution in [0.3, 0.4) is 0 Å². The number of likely N-dealkylation sites (tertiary alicyclic amines) is 1. The van der Waals surface area contributed by atoms with Crippen LogP contribution in [0.4, 0.5) is 4.79 Å². The summed E-state index contributed by atoms with van der Waals surface area (Å²) in [6.45, 7) is 4.93. The lowest BCUT2D eigenvalue weighted by Gasteiger charge is -2.31. The fraction of sp³-hybridized carbons (Fsp3) is 0.688. The van der Waals surface area contributed by atoms with Crippen molar-refractivity contribution in [2.24, 2.45) is 5.92 Å². The lowest BCUT2D eigenvalue weighted by Crippen LogP contribution is -2.45. The molecule has 0 bridgehead atoms. The molecule has 1 aromatic rings. The zero-order chi connectivity index (χ0) is 16.7. The van der Waals surface area contributed by atoms with Gasteiger partial charge in [0.1, 0.15) is 0 Å². The van der Waals surface area contributed by atoms with E-state index in [9.17, 15) is 9.59 Å². The van der Waals surface area contributed by atoms with E-state index in [1.807, 2.05) is 28.9 Å². The zero-order valence-corrected chi connectivity index (χ0v) is 14.0. The van der Waals surface area contributed by atoms with Crippen molar-refractivity contribution in [2.75, 3.05) is 26.7 Å². The molecule has 0 aliphatic carbocycles. The van der Waals surface area contributed by atoms with E-state index in [4.69, 9.17) is 0 Å². The summed E-state index contributed by atoms with van der Waals surface area (Å²) in [5.41, 5.74) is 1.15. The number of nitrogens with zero attached hydrogens (tertiary/aromatic N) is 3. The van der Waals surface area contributed by atoms with Gasteiger partial charge < -0.3 is 15.5 Å². The first kappa shape index (κ1) is 17.3. The van der Waals surface area contributed by atoms with E-state index in [2.05, 4.69) is 15.7 Å². The van der Waals surface area contributed by atoms with Crippen molar-refractivity contribution in [3.05, 3.63) is 18.0 Å². The summed E-state index contributed by atoms with van der Waals surface area (Å²) in [4.78, 5) is 25.3. The van der Waals surface area contributed by atoms with Crippen molar-refractivity contribution in [1.29, 1.82) is 0 Å². The molecule has 128 valence electrons. The highest BCUT2D eigenvalue weighted by molar-refractivity contribution is 5.76. The predicted octanol–water partition coefficient (Wildman–Crippen LogP) is 1.14. The summed E-state index contributed by atoms with van der Waals surface area (Å²) in [6, 6.07) is 0.0000360. The van der Waals surface area contributed by atoms with Gasteiger partial charge in [0.25, 0.3) is 0 Å². The van der Waals surface area contributed by atoms with Crippen LogP contribution in [-0.4, -0.2) is 53.3 Å². The Hall–Kier alpha value is -2.05. The van der Waals surface area contributed by atoms with Crippen molar-refractivity contribution in [3.8, 4) is 0 Å². The maximum Gasteiger partial charge on any atom is 0.317 e. The van der Waals surface area contributed by atoms with Crippen LogP contribution in [0.25, 0.3) is 0 Å². The number of aryl methyl sites for hydroxylation is 2. The number of aromatic nitrogens is 2. The van der Waals surface area contributed by atoms with Crippen molar-refractivity contribution < 1.29 is 9.59 Å². The average Bonchev–Trinajstić information content (AvgIpc) is 2.97. The van der Waals surface area contributed by atoms with Gasteiger partial charge in [-0.1, -0.05) is 0 Å². The quantitative estimate of drug-likeness (QED) is 0.771. The molecule has 7 nitrogen and oxygen atoms in total. The van der Waals surface area contributed by atoms with Gasteiger partial charge in [-0.2, -0.15) is 5.10 Å². The molecule has 1 aromatic heterocycles. The highest BCUT2D eigenvalue weighted by atomic mass is 16.2. The highest BCUT2D eigenvalue weighted by Crippen LogP contribution is 2.20. The normalized spacial score (nSPS) is 15.5. The molecule has 7 heteroatoms. The van der Waals surface area contributed by atoms with Crippen LogP contribution in [0, 0.1) is 12.8 Å². The SMILES string of the molecule is CNC(=O)CC1CCN(C(=O)NCCCn2cc(C)cn2)CC1. The Morgan fingerprint density at radius 3 is 2.70 bits per heavy atom. The first-order valence-corrected chi connectivity index (χ1v) is 8.31. The maximum absolute atomic E-state index is 12.1. The number of rotatable bonds is 6. The first-order valence-electron chi connectivity index (χ1n) is 8.31. The standard InChI is InChI=1S/C16H27N5O2/c1-13-11-19-21(12-13)7-3-6-18-16(23)20-8-4-14(5-9-20)10-15(22)17-2/h11-12,14H,3-10H2,1-2H3,(H,17,22)(H,18,23). The summed E-state index contributed by atoms with van der Waals surface area (Å²) in [6.07, 6.45) is 7.05. The van der Waals surface area contributed by atoms with Gasteiger partial charge in [-0.15, -0.1) is 0 Å². The summed E-state index contributed by atoms with van der Waals surface area (Å²) >= 11 is 0. The minimum Gasteiger partial charge on any atom is -0.359 e. The lowest BCUT2D eigenvalue weighted by atomic mass is 9.93. The Bertz CT molecular complexity index is 520. The topological polar surface area (TPSA) is 79.3 Å². The molecule has 23 heavy (non-hydrogen) atoms. The van der Waals surface area contributed by atoms with E-state index in [1.165, 1.54) is 0 Å². The Balaban J connectivity index is 1.60. The molecule has 1 fully saturated rings. The molecule has 1 aliphatic rings. The molecule has 0 atom stereocenters. The summed E-state index contributed by atoms with van der Waals surface area (Å²) in [5.74, 6) is 0.476. The Kier molecular flexibility index (Phi) is 6.43. The van der Waals surface area contributed by atoms with Gasteiger partial charge in [-0.3, -0.25) is 9.48 Å². The number of urea groups is 1. The fourth-order valence-electron chi connectivity index (χ4n) is 2.84. The van der Waals surface area contributed by atoms with Gasteiger partial charge in [0, 0.05) is 45.8 Å². The number of nitrogens with one attached hydrogen (secondary N) is 2. The number of amides is 3. The first-order chi connectivity index (χ1) is 11.1. The van der Waals surface area contributed by atoms with E-state index in [-0.39, 0.29) is 11.9 Å². The Morgan fingerprint density at radius 1 is 1.35 bits per heavy atom. The molecular weight excluding hydrogens is 294 g/mol. The predicted molar refractivity (Wildman–Crippen MR) is 88.0 cm³/mol. The van der Waals surface area contributed by atoms with Crippen molar-refractivity contribution in [2.45, 2.75) is 39.2 Å². The van der Waals surface area contributed by atoms with Gasteiger partial charge in [-0.05, 0) is 37.7 Å². The Labute approximate surface area is 137 Å². The van der Waals surface area contributed by atoms with Crippen LogP contribution in [0.5, 0.6) is 0 Å². The lowest BCUT2D eigenvalue weighted by molar-refractivity contribution is -0.121. The third-order valence-electron chi connectivity index (χ3n) is 4.26. The van der Waals surface area contributed by atoms with E-state index >= 15 is 0 Å². The molecule has 0 spiro atoms. The molecule has 2 rings (SSSR count). The molecule has 3 amide bonds. The smallest absolute Gasteiger partial charge is 0.317 e. The summed E-state index contributed by atoms with van der Waals surface area (Å²) < 4.78 is 1.89. The number of hydrogen-bond donors (Lipinski definition) is 2. The minimum absolute atomic E-state index is 0.0000360. The van der Waals surface area contributed by atoms with E-state index < -0.39 is 0 Å². The second-order valence-corrected chi connectivity index (χ2v) is 6.17. The molecular formula is C16H27N5O2. The second-order valence-electron chi connectivity index (χ2n) is 6.17. The zero-order valence-electron chi connectivity index (χ0n) is 14.0. The van der Waals surface area contributed by atoms with Crippen LogP contribution < -0.4 is 10.6 Å². The second kappa shape index (κ2) is 8.55. The van der Waals surface area contributed by atoms with E-state index in [0.29, 0.717) is 18.9 Å². The Morgan fingerprint density at radius 2 is 2.09 bits per heavy atom. The van der Waals surface area contributed by atoms with Crippen molar-refractivity contribution >= 4 is 11.9 Å². The monoisotopic (exact) mass is 321 g/mol. The van der Waals surface area contributed by atoms with Crippen LogP contribution in [0.15, 0.2) is 12.4 Å². The molecule has 0 aromatic carbocycles. The van der Waals surface area contributed by atoms with Crippen LogP contribution >= 0.6 is 0 Å². The number of carbonyl (C=O) groups excluding carboxylic acids is 2. The minimum atomic E-state index is 0.0000360. The highest BCUT2D eigenvalue weighted by Gasteiger charge is 2.23. The summed E-state index contributed by atoms with van der Waals surface area (Å²) in [5, 5.41) is 9.84. The van der Waals surface area contributed by atoms with Crippen LogP contribution in [0.1, 0.15) is 31.2 Å². The van der Waals surface area contributed by atoms with Crippen molar-refractivity contribution in [1.82, 2.24) is 25.3 Å². The molecule has 0 saturated carbocycles. The molecule has 1 aliphatic heterocycles.